The minimum absolute atomic E-state index is 0.997. The predicted octanol–water partition coefficient (Wildman–Crippen LogP) is 8.65. The van der Waals surface area contributed by atoms with Crippen molar-refractivity contribution in [1.82, 2.24) is 4.57 Å². The van der Waals surface area contributed by atoms with E-state index in [4.69, 9.17) is 0 Å². The van der Waals surface area contributed by atoms with Gasteiger partial charge in [0.25, 0.3) is 5.82 Å². The molecule has 0 aliphatic rings. The first-order valence-electron chi connectivity index (χ1n) is 14.0. The fourth-order valence-electron chi connectivity index (χ4n) is 4.75. The smallest absolute Gasteiger partial charge is 0.234 e. The molecular formula is C30H51N2+. The molecule has 0 radical (unpaired) electrons. The molecule has 180 valence electrons. The van der Waals surface area contributed by atoms with Crippen LogP contribution in [0.4, 0.5) is 0 Å². The van der Waals surface area contributed by atoms with E-state index in [9.17, 15) is 0 Å². The third kappa shape index (κ3) is 11.3. The van der Waals surface area contributed by atoms with E-state index in [1.165, 1.54) is 127 Å². The Morgan fingerprint density at radius 2 is 1.16 bits per heavy atom. The van der Waals surface area contributed by atoms with Gasteiger partial charge in [-0.1, -0.05) is 128 Å². The molecule has 1 aromatic carbocycles. The van der Waals surface area contributed by atoms with Crippen LogP contribution in [0.5, 0.6) is 0 Å². The second kappa shape index (κ2) is 17.9. The van der Waals surface area contributed by atoms with Crippen molar-refractivity contribution >= 4 is 0 Å². The number of nitrogens with zero attached hydrogens (tertiary/aromatic N) is 2. The zero-order chi connectivity index (χ0) is 22.7. The summed E-state index contributed by atoms with van der Waals surface area (Å²) >= 11 is 0. The number of hydrogen-bond donors (Lipinski definition) is 0. The molecule has 0 saturated heterocycles. The van der Waals surface area contributed by atoms with E-state index in [-0.39, 0.29) is 0 Å². The van der Waals surface area contributed by atoms with Crippen LogP contribution >= 0.6 is 0 Å². The molecule has 2 nitrogen and oxygen atoms in total. The van der Waals surface area contributed by atoms with Crippen molar-refractivity contribution in [2.45, 2.75) is 136 Å². The van der Waals surface area contributed by atoms with Gasteiger partial charge < -0.3 is 0 Å². The van der Waals surface area contributed by atoms with Crippen LogP contribution in [0.15, 0.2) is 42.7 Å². The molecule has 0 bridgehead atoms. The average molecular weight is 440 g/mol. The van der Waals surface area contributed by atoms with Crippen LogP contribution in [0.3, 0.4) is 0 Å². The lowest BCUT2D eigenvalue weighted by molar-refractivity contribution is -0.695. The molecule has 0 N–H and O–H groups in total. The van der Waals surface area contributed by atoms with E-state index < -0.39 is 0 Å². The summed E-state index contributed by atoms with van der Waals surface area (Å²) in [6.45, 7) is 6.78. The molecule has 2 aromatic rings. The molecule has 2 heteroatoms. The van der Waals surface area contributed by atoms with Gasteiger partial charge in [-0.2, -0.15) is 0 Å². The van der Waals surface area contributed by atoms with Crippen molar-refractivity contribution in [2.75, 3.05) is 0 Å². The van der Waals surface area contributed by atoms with Gasteiger partial charge in [0, 0.05) is 6.42 Å². The molecule has 0 atom stereocenters. The largest absolute Gasteiger partial charge is 0.256 e. The summed E-state index contributed by atoms with van der Waals surface area (Å²) in [5, 5.41) is 0. The second-order valence-electron chi connectivity index (χ2n) is 9.72. The maximum Gasteiger partial charge on any atom is 0.256 e. The highest BCUT2D eigenvalue weighted by Gasteiger charge is 2.17. The van der Waals surface area contributed by atoms with Crippen molar-refractivity contribution in [1.29, 1.82) is 0 Å². The van der Waals surface area contributed by atoms with E-state index in [2.05, 4.69) is 65.7 Å². The van der Waals surface area contributed by atoms with Gasteiger partial charge in [0.05, 0.1) is 6.54 Å². The molecule has 0 fully saturated rings. The van der Waals surface area contributed by atoms with E-state index in [0.717, 1.165) is 6.54 Å². The van der Waals surface area contributed by atoms with Crippen LogP contribution in [0.1, 0.15) is 128 Å². The van der Waals surface area contributed by atoms with Crippen molar-refractivity contribution in [3.63, 3.8) is 0 Å². The van der Waals surface area contributed by atoms with Gasteiger partial charge in [0.1, 0.15) is 18.9 Å². The van der Waals surface area contributed by atoms with E-state index >= 15 is 0 Å². The van der Waals surface area contributed by atoms with E-state index in [0.29, 0.717) is 0 Å². The normalized spacial score (nSPS) is 11.3. The SMILES string of the molecule is CCCCCCCCCCCCn1cc[n+](Cc2ccccc2)c1CCCCCCCC. The van der Waals surface area contributed by atoms with Gasteiger partial charge in [-0.3, -0.25) is 0 Å². The molecule has 1 aromatic heterocycles. The number of unbranched alkanes of at least 4 members (excludes halogenated alkanes) is 14. The molecule has 0 unspecified atom stereocenters. The standard InChI is InChI=1S/C30H51N2/c1-3-5-7-9-11-12-13-14-16-21-25-31-26-27-32(28-29-22-18-17-19-23-29)30(31)24-20-15-10-8-6-4-2/h17-19,22-23,26-27H,3-16,20-21,24-25,28H2,1-2H3/q+1. The van der Waals surface area contributed by atoms with Crippen molar-refractivity contribution in [2.24, 2.45) is 0 Å². The highest BCUT2D eigenvalue weighted by Crippen LogP contribution is 2.13. The van der Waals surface area contributed by atoms with Crippen LogP contribution in [-0.2, 0) is 19.5 Å². The molecule has 0 amide bonds. The number of imidazole rings is 1. The summed E-state index contributed by atoms with van der Waals surface area (Å²) in [4.78, 5) is 0. The maximum absolute atomic E-state index is 2.56. The summed E-state index contributed by atoms with van der Waals surface area (Å²) in [6.07, 6.45) is 28.1. The first kappa shape index (κ1) is 26.7. The van der Waals surface area contributed by atoms with Crippen molar-refractivity contribution in [3.8, 4) is 0 Å². The highest BCUT2D eigenvalue weighted by atomic mass is 15.1. The summed E-state index contributed by atoms with van der Waals surface area (Å²) in [7, 11) is 0. The highest BCUT2D eigenvalue weighted by molar-refractivity contribution is 5.13. The monoisotopic (exact) mass is 439 g/mol. The molecule has 32 heavy (non-hydrogen) atoms. The quantitative estimate of drug-likeness (QED) is 0.144. The number of rotatable bonds is 20. The lowest BCUT2D eigenvalue weighted by atomic mass is 10.1. The van der Waals surface area contributed by atoms with Crippen LogP contribution in [-0.4, -0.2) is 4.57 Å². The van der Waals surface area contributed by atoms with Gasteiger partial charge in [0.2, 0.25) is 0 Å². The van der Waals surface area contributed by atoms with Gasteiger partial charge in [-0.05, 0) is 24.8 Å². The molecule has 0 spiro atoms. The number of aromatic nitrogens is 2. The van der Waals surface area contributed by atoms with Gasteiger partial charge >= 0.3 is 0 Å². The predicted molar refractivity (Wildman–Crippen MR) is 139 cm³/mol. The van der Waals surface area contributed by atoms with Gasteiger partial charge in [0.15, 0.2) is 0 Å². The Morgan fingerprint density at radius 3 is 1.75 bits per heavy atom. The Morgan fingerprint density at radius 1 is 0.625 bits per heavy atom. The molecule has 0 aliphatic carbocycles. The number of benzene rings is 1. The average Bonchev–Trinajstić information content (AvgIpc) is 3.19. The minimum atomic E-state index is 0.997. The second-order valence-corrected chi connectivity index (χ2v) is 9.72. The van der Waals surface area contributed by atoms with Gasteiger partial charge in [-0.15, -0.1) is 0 Å². The Kier molecular flexibility index (Phi) is 14.9. The Balaban J connectivity index is 1.76. The molecule has 2 rings (SSSR count). The zero-order valence-corrected chi connectivity index (χ0v) is 21.4. The lowest BCUT2D eigenvalue weighted by Gasteiger charge is -2.07. The Bertz CT molecular complexity index is 673. The summed E-state index contributed by atoms with van der Waals surface area (Å²) in [5.74, 6) is 1.53. The maximum atomic E-state index is 2.56. The summed E-state index contributed by atoms with van der Waals surface area (Å²) in [5.41, 5.74) is 1.40. The summed E-state index contributed by atoms with van der Waals surface area (Å²) in [6, 6.07) is 10.9. The van der Waals surface area contributed by atoms with Gasteiger partial charge in [-0.25, -0.2) is 9.13 Å². The Hall–Kier alpha value is -1.57. The first-order valence-corrected chi connectivity index (χ1v) is 14.0. The third-order valence-electron chi connectivity index (χ3n) is 6.79. The topological polar surface area (TPSA) is 8.81 Å². The van der Waals surface area contributed by atoms with Crippen LogP contribution in [0, 0.1) is 0 Å². The van der Waals surface area contributed by atoms with Crippen molar-refractivity contribution in [3.05, 3.63) is 54.1 Å². The van der Waals surface area contributed by atoms with Crippen LogP contribution in [0.2, 0.25) is 0 Å². The zero-order valence-electron chi connectivity index (χ0n) is 21.4. The third-order valence-corrected chi connectivity index (χ3v) is 6.79. The lowest BCUT2D eigenvalue weighted by Crippen LogP contribution is -2.37. The first-order chi connectivity index (χ1) is 15.8. The van der Waals surface area contributed by atoms with Crippen LogP contribution < -0.4 is 4.57 Å². The van der Waals surface area contributed by atoms with E-state index in [1.54, 1.807) is 0 Å². The summed E-state index contributed by atoms with van der Waals surface area (Å²) < 4.78 is 5.05. The van der Waals surface area contributed by atoms with E-state index in [1.807, 2.05) is 0 Å². The molecular weight excluding hydrogens is 388 g/mol. The van der Waals surface area contributed by atoms with Crippen LogP contribution in [0.25, 0.3) is 0 Å². The number of hydrogen-bond acceptors (Lipinski definition) is 0. The fraction of sp³-hybridized carbons (Fsp3) is 0.700. The van der Waals surface area contributed by atoms with Crippen molar-refractivity contribution < 1.29 is 4.57 Å². The molecule has 1 heterocycles. The fourth-order valence-corrected chi connectivity index (χ4v) is 4.75. The number of aryl methyl sites for hydroxylation is 1. The Labute approximate surface area is 199 Å². The molecule has 0 saturated carbocycles. The minimum Gasteiger partial charge on any atom is -0.234 e. The molecule has 0 aliphatic heterocycles.